The average molecular weight is 577 g/mol. The van der Waals surface area contributed by atoms with Crippen LogP contribution in [0.3, 0.4) is 0 Å². The van der Waals surface area contributed by atoms with Crippen LogP contribution in [0.25, 0.3) is 6.08 Å². The number of hydrogen-bond acceptors (Lipinski definition) is 9. The van der Waals surface area contributed by atoms with Crippen LogP contribution < -0.4 is 9.47 Å². The van der Waals surface area contributed by atoms with Crippen molar-refractivity contribution in [3.8, 4) is 11.5 Å². The zero-order chi connectivity index (χ0) is 23.7. The van der Waals surface area contributed by atoms with E-state index in [1.165, 1.54) is 13.2 Å². The van der Waals surface area contributed by atoms with Crippen LogP contribution in [0.4, 0.5) is 4.79 Å². The zero-order valence-electron chi connectivity index (χ0n) is 18.0. The normalized spacial score (nSPS) is 14.6. The Morgan fingerprint density at radius 3 is 2.56 bits per heavy atom. The SMILES string of the molecule is CCCCOC(=O)CN1C(=O)S/C(=C/c2cc(I)c(OCC(=O)OCC)c(OC)c2)C1=O. The molecule has 0 saturated carbocycles. The van der Waals surface area contributed by atoms with E-state index >= 15 is 0 Å². The molecular formula is C21H24INO8S. The molecule has 0 unspecified atom stereocenters. The summed E-state index contributed by atoms with van der Waals surface area (Å²) in [5.74, 6) is -0.978. The Labute approximate surface area is 203 Å². The highest BCUT2D eigenvalue weighted by molar-refractivity contribution is 14.1. The van der Waals surface area contributed by atoms with Crippen molar-refractivity contribution in [2.45, 2.75) is 26.7 Å². The van der Waals surface area contributed by atoms with Gasteiger partial charge in [0.1, 0.15) is 6.54 Å². The molecule has 0 N–H and O–H groups in total. The summed E-state index contributed by atoms with van der Waals surface area (Å²) in [4.78, 5) is 49.3. The summed E-state index contributed by atoms with van der Waals surface area (Å²) in [5.41, 5.74) is 0.589. The molecule has 0 atom stereocenters. The van der Waals surface area contributed by atoms with Gasteiger partial charge in [0.15, 0.2) is 18.1 Å². The van der Waals surface area contributed by atoms with Crippen LogP contribution in [0, 0.1) is 3.57 Å². The molecule has 0 aromatic heterocycles. The molecule has 0 bridgehead atoms. The number of ether oxygens (including phenoxy) is 4. The number of esters is 2. The number of thioether (sulfide) groups is 1. The van der Waals surface area contributed by atoms with Crippen LogP contribution in [-0.2, 0) is 23.9 Å². The Kier molecular flexibility index (Phi) is 10.3. The van der Waals surface area contributed by atoms with E-state index in [4.69, 9.17) is 18.9 Å². The van der Waals surface area contributed by atoms with Crippen LogP contribution in [0.1, 0.15) is 32.3 Å². The minimum Gasteiger partial charge on any atom is -0.493 e. The first-order valence-corrected chi connectivity index (χ1v) is 11.8. The monoisotopic (exact) mass is 577 g/mol. The summed E-state index contributed by atoms with van der Waals surface area (Å²) in [7, 11) is 1.45. The first-order valence-electron chi connectivity index (χ1n) is 9.87. The number of hydrogen-bond donors (Lipinski definition) is 0. The number of benzene rings is 1. The van der Waals surface area contributed by atoms with Gasteiger partial charge in [-0.2, -0.15) is 0 Å². The van der Waals surface area contributed by atoms with Crippen LogP contribution in [-0.4, -0.2) is 61.5 Å². The van der Waals surface area contributed by atoms with Crippen molar-refractivity contribution >= 4 is 63.5 Å². The molecule has 1 aromatic carbocycles. The Morgan fingerprint density at radius 2 is 1.91 bits per heavy atom. The molecule has 2 amide bonds. The Balaban J connectivity index is 2.14. The van der Waals surface area contributed by atoms with Gasteiger partial charge in [0.2, 0.25) is 0 Å². The number of rotatable bonds is 11. The largest absolute Gasteiger partial charge is 0.493 e. The molecule has 174 valence electrons. The van der Waals surface area contributed by atoms with Crippen LogP contribution >= 0.6 is 34.4 Å². The van der Waals surface area contributed by atoms with Crippen LogP contribution in [0.2, 0.25) is 0 Å². The van der Waals surface area contributed by atoms with Gasteiger partial charge in [-0.15, -0.1) is 0 Å². The second kappa shape index (κ2) is 12.7. The van der Waals surface area contributed by atoms with E-state index in [-0.39, 0.29) is 24.7 Å². The van der Waals surface area contributed by atoms with E-state index in [1.54, 1.807) is 19.1 Å². The lowest BCUT2D eigenvalue weighted by Crippen LogP contribution is -2.34. The average Bonchev–Trinajstić information content (AvgIpc) is 3.00. The van der Waals surface area contributed by atoms with E-state index < -0.39 is 29.6 Å². The highest BCUT2D eigenvalue weighted by atomic mass is 127. The number of carbonyl (C=O) groups is 4. The summed E-state index contributed by atoms with van der Waals surface area (Å²) < 4.78 is 21.4. The molecule has 0 radical (unpaired) electrons. The summed E-state index contributed by atoms with van der Waals surface area (Å²) in [6.45, 7) is 3.48. The van der Waals surface area contributed by atoms with Gasteiger partial charge in [-0.3, -0.25) is 19.3 Å². The van der Waals surface area contributed by atoms with Gasteiger partial charge < -0.3 is 18.9 Å². The molecule has 9 nitrogen and oxygen atoms in total. The number of halogens is 1. The minimum absolute atomic E-state index is 0.175. The van der Waals surface area contributed by atoms with E-state index in [9.17, 15) is 19.2 Å². The maximum atomic E-state index is 12.6. The highest BCUT2D eigenvalue weighted by Gasteiger charge is 2.36. The lowest BCUT2D eigenvalue weighted by Gasteiger charge is -2.13. The molecule has 1 saturated heterocycles. The van der Waals surface area contributed by atoms with Crippen molar-refractivity contribution in [2.24, 2.45) is 0 Å². The Hall–Kier alpha value is -2.28. The van der Waals surface area contributed by atoms with Gasteiger partial charge in [-0.25, -0.2) is 4.79 Å². The van der Waals surface area contributed by atoms with E-state index in [1.807, 2.05) is 29.5 Å². The summed E-state index contributed by atoms with van der Waals surface area (Å²) in [6, 6.07) is 3.34. The number of unbranched alkanes of at least 4 members (excludes halogenated alkanes) is 1. The standard InChI is InChI=1S/C21H24INO8S/c1-4-6-7-30-17(24)11-23-20(26)16(32-21(23)27)10-13-8-14(22)19(15(9-13)28-3)31-12-18(25)29-5-2/h8-10H,4-7,11-12H2,1-3H3/b16-10+. The zero-order valence-corrected chi connectivity index (χ0v) is 20.9. The van der Waals surface area contributed by atoms with E-state index in [2.05, 4.69) is 0 Å². The molecule has 0 spiro atoms. The number of methoxy groups -OCH3 is 1. The molecule has 32 heavy (non-hydrogen) atoms. The molecule has 11 heteroatoms. The van der Waals surface area contributed by atoms with E-state index in [0.29, 0.717) is 27.1 Å². The predicted molar refractivity (Wildman–Crippen MR) is 126 cm³/mol. The molecule has 1 heterocycles. The van der Waals surface area contributed by atoms with E-state index in [0.717, 1.165) is 23.1 Å². The third-order valence-corrected chi connectivity index (χ3v) is 5.82. The number of imide groups is 1. The number of carbonyl (C=O) groups excluding carboxylic acids is 4. The molecule has 1 aliphatic rings. The van der Waals surface area contributed by atoms with Gasteiger partial charge in [-0.1, -0.05) is 13.3 Å². The van der Waals surface area contributed by atoms with Crippen molar-refractivity contribution in [3.05, 3.63) is 26.2 Å². The maximum absolute atomic E-state index is 12.6. The fourth-order valence-corrected chi connectivity index (χ4v) is 4.21. The first-order chi connectivity index (χ1) is 15.3. The topological polar surface area (TPSA) is 108 Å². The van der Waals surface area contributed by atoms with Crippen molar-refractivity contribution < 1.29 is 38.1 Å². The lowest BCUT2D eigenvalue weighted by molar-refractivity contribution is -0.146. The smallest absolute Gasteiger partial charge is 0.344 e. The second-order valence-electron chi connectivity index (χ2n) is 6.47. The summed E-state index contributed by atoms with van der Waals surface area (Å²) in [6.07, 6.45) is 3.12. The van der Waals surface area contributed by atoms with Gasteiger partial charge in [-0.05, 0) is 71.5 Å². The first kappa shape index (κ1) is 26.0. The van der Waals surface area contributed by atoms with Crippen molar-refractivity contribution in [1.29, 1.82) is 0 Å². The maximum Gasteiger partial charge on any atom is 0.344 e. The second-order valence-corrected chi connectivity index (χ2v) is 8.63. The minimum atomic E-state index is -0.624. The van der Waals surface area contributed by atoms with Crippen LogP contribution in [0.15, 0.2) is 17.0 Å². The van der Waals surface area contributed by atoms with Gasteiger partial charge in [0.05, 0.1) is 28.8 Å². The highest BCUT2D eigenvalue weighted by Crippen LogP contribution is 2.37. The molecule has 1 aromatic rings. The molecule has 2 rings (SSSR count). The molecular weight excluding hydrogens is 553 g/mol. The summed E-state index contributed by atoms with van der Waals surface area (Å²) in [5, 5.41) is -0.537. The predicted octanol–water partition coefficient (Wildman–Crippen LogP) is 3.62. The molecule has 1 aliphatic heterocycles. The molecule has 1 fully saturated rings. The van der Waals surface area contributed by atoms with Gasteiger partial charge >= 0.3 is 11.9 Å². The fraction of sp³-hybridized carbons (Fsp3) is 0.429. The Morgan fingerprint density at radius 1 is 1.16 bits per heavy atom. The van der Waals surface area contributed by atoms with Crippen molar-refractivity contribution in [1.82, 2.24) is 4.90 Å². The lowest BCUT2D eigenvalue weighted by atomic mass is 10.2. The van der Waals surface area contributed by atoms with Crippen LogP contribution in [0.5, 0.6) is 11.5 Å². The third kappa shape index (κ3) is 7.12. The Bertz CT molecular complexity index is 917. The number of nitrogens with zero attached hydrogens (tertiary/aromatic N) is 1. The quantitative estimate of drug-likeness (QED) is 0.169. The molecule has 0 aliphatic carbocycles. The summed E-state index contributed by atoms with van der Waals surface area (Å²) >= 11 is 2.76. The number of amides is 2. The van der Waals surface area contributed by atoms with Crippen molar-refractivity contribution in [3.63, 3.8) is 0 Å². The fourth-order valence-electron chi connectivity index (χ4n) is 2.59. The van der Waals surface area contributed by atoms with Gasteiger partial charge in [0, 0.05) is 0 Å². The van der Waals surface area contributed by atoms with Crippen molar-refractivity contribution in [2.75, 3.05) is 33.5 Å². The third-order valence-electron chi connectivity index (χ3n) is 4.11. The van der Waals surface area contributed by atoms with Gasteiger partial charge in [0.25, 0.3) is 11.1 Å².